The Labute approximate surface area is 57.6 Å². The first-order valence-corrected chi connectivity index (χ1v) is 4.34. The van der Waals surface area contributed by atoms with Crippen LogP contribution in [-0.2, 0) is 0 Å². The second-order valence-corrected chi connectivity index (χ2v) is 4.12. The van der Waals surface area contributed by atoms with Gasteiger partial charge in [-0.1, -0.05) is 19.8 Å². The Morgan fingerprint density at radius 2 is 1.78 bits per heavy atom. The van der Waals surface area contributed by atoms with Crippen molar-refractivity contribution in [2.45, 2.75) is 39.0 Å². The van der Waals surface area contributed by atoms with Crippen LogP contribution in [0.2, 0.25) is 0 Å². The minimum Gasteiger partial charge on any atom is -0.0625 e. The summed E-state index contributed by atoms with van der Waals surface area (Å²) in [6.07, 6.45) is 7.74. The van der Waals surface area contributed by atoms with Gasteiger partial charge in [0.05, 0.1) is 0 Å². The Balaban J connectivity index is 1.64. The maximum atomic E-state index is 2.38. The van der Waals surface area contributed by atoms with Crippen LogP contribution in [0.5, 0.6) is 0 Å². The van der Waals surface area contributed by atoms with Crippen LogP contribution < -0.4 is 0 Å². The zero-order valence-corrected chi connectivity index (χ0v) is 6.27. The Morgan fingerprint density at radius 1 is 1.11 bits per heavy atom. The zero-order chi connectivity index (χ0) is 6.27. The van der Waals surface area contributed by atoms with Crippen LogP contribution in [0.3, 0.4) is 0 Å². The summed E-state index contributed by atoms with van der Waals surface area (Å²) >= 11 is 0. The van der Waals surface area contributed by atoms with Crippen molar-refractivity contribution in [2.24, 2.45) is 17.8 Å². The lowest BCUT2D eigenvalue weighted by molar-refractivity contribution is 0.192. The first-order chi connectivity index (χ1) is 4.34. The fourth-order valence-electron chi connectivity index (χ4n) is 2.09. The van der Waals surface area contributed by atoms with Crippen LogP contribution in [0.25, 0.3) is 0 Å². The van der Waals surface area contributed by atoms with E-state index < -0.39 is 0 Å². The van der Waals surface area contributed by atoms with Crippen molar-refractivity contribution < 1.29 is 0 Å². The van der Waals surface area contributed by atoms with E-state index in [-0.39, 0.29) is 0 Å². The van der Waals surface area contributed by atoms with Crippen molar-refractivity contribution in [1.82, 2.24) is 0 Å². The molecule has 0 aliphatic heterocycles. The predicted octanol–water partition coefficient (Wildman–Crippen LogP) is 2.83. The smallest absolute Gasteiger partial charge is 0.0407 e. The molecule has 0 spiro atoms. The maximum absolute atomic E-state index is 2.38. The lowest BCUT2D eigenvalue weighted by Gasteiger charge is -2.32. The molecule has 2 fully saturated rings. The van der Waals surface area contributed by atoms with E-state index in [2.05, 4.69) is 6.92 Å². The Kier molecular flexibility index (Phi) is 1.28. The van der Waals surface area contributed by atoms with Gasteiger partial charge in [0, 0.05) is 0 Å². The first kappa shape index (κ1) is 5.76. The van der Waals surface area contributed by atoms with Gasteiger partial charge >= 0.3 is 0 Å². The Hall–Kier alpha value is 0. The largest absolute Gasteiger partial charge is 0.0625 e. The summed E-state index contributed by atoms with van der Waals surface area (Å²) in [4.78, 5) is 0. The van der Waals surface area contributed by atoms with E-state index in [4.69, 9.17) is 0 Å². The lowest BCUT2D eigenvalue weighted by Crippen LogP contribution is -2.21. The third-order valence-corrected chi connectivity index (χ3v) is 2.83. The molecule has 2 aliphatic carbocycles. The molecule has 0 radical (unpaired) electrons. The fourth-order valence-corrected chi connectivity index (χ4v) is 2.09. The van der Waals surface area contributed by atoms with E-state index in [1.54, 1.807) is 19.3 Å². The summed E-state index contributed by atoms with van der Waals surface area (Å²) in [5.41, 5.74) is 0. The van der Waals surface area contributed by atoms with Crippen LogP contribution in [0, 0.1) is 17.8 Å². The molecular weight excluding hydrogens is 108 g/mol. The van der Waals surface area contributed by atoms with Crippen molar-refractivity contribution in [3.05, 3.63) is 0 Å². The number of rotatable bonds is 2. The van der Waals surface area contributed by atoms with Crippen LogP contribution >= 0.6 is 0 Å². The van der Waals surface area contributed by atoms with Gasteiger partial charge in [-0.15, -0.1) is 0 Å². The molecule has 0 aromatic heterocycles. The average Bonchev–Trinajstić information content (AvgIpc) is 2.45. The molecule has 0 amide bonds. The van der Waals surface area contributed by atoms with Crippen molar-refractivity contribution in [3.8, 4) is 0 Å². The molecule has 0 aromatic rings. The van der Waals surface area contributed by atoms with Crippen molar-refractivity contribution in [2.75, 3.05) is 0 Å². The van der Waals surface area contributed by atoms with Crippen LogP contribution in [0.1, 0.15) is 39.0 Å². The summed E-state index contributed by atoms with van der Waals surface area (Å²) in [6.45, 7) is 2.38. The van der Waals surface area contributed by atoms with E-state index in [9.17, 15) is 0 Å². The highest BCUT2D eigenvalue weighted by Crippen LogP contribution is 2.44. The van der Waals surface area contributed by atoms with Gasteiger partial charge in [0.1, 0.15) is 0 Å². The monoisotopic (exact) mass is 124 g/mol. The SMILES string of the molecule is CC1CC(CC2CC2)C1. The third kappa shape index (κ3) is 1.28. The fraction of sp³-hybridized carbons (Fsp3) is 1.00. The molecule has 0 heterocycles. The molecule has 0 aromatic carbocycles. The van der Waals surface area contributed by atoms with Crippen molar-refractivity contribution >= 4 is 0 Å². The zero-order valence-electron chi connectivity index (χ0n) is 6.27. The van der Waals surface area contributed by atoms with Gasteiger partial charge < -0.3 is 0 Å². The summed E-state index contributed by atoms with van der Waals surface area (Å²) in [5, 5.41) is 0. The molecule has 52 valence electrons. The van der Waals surface area contributed by atoms with Crippen LogP contribution in [0.15, 0.2) is 0 Å². The molecular formula is C9H16. The summed E-state index contributed by atoms with van der Waals surface area (Å²) in [6, 6.07) is 0. The van der Waals surface area contributed by atoms with E-state index >= 15 is 0 Å². The average molecular weight is 124 g/mol. The second kappa shape index (κ2) is 2.00. The molecule has 0 atom stereocenters. The van der Waals surface area contributed by atoms with Crippen molar-refractivity contribution in [1.29, 1.82) is 0 Å². The third-order valence-electron chi connectivity index (χ3n) is 2.83. The maximum Gasteiger partial charge on any atom is -0.0407 e. The van der Waals surface area contributed by atoms with Gasteiger partial charge in [0.25, 0.3) is 0 Å². The molecule has 0 unspecified atom stereocenters. The Morgan fingerprint density at radius 3 is 2.22 bits per heavy atom. The summed E-state index contributed by atoms with van der Waals surface area (Å²) in [5.74, 6) is 3.38. The highest BCUT2D eigenvalue weighted by atomic mass is 14.4. The second-order valence-electron chi connectivity index (χ2n) is 4.12. The Bertz CT molecular complexity index is 96.6. The van der Waals surface area contributed by atoms with Gasteiger partial charge in [-0.05, 0) is 37.0 Å². The molecule has 0 N–H and O–H groups in total. The molecule has 9 heavy (non-hydrogen) atoms. The van der Waals surface area contributed by atoms with E-state index in [0.717, 1.165) is 11.8 Å². The normalized spacial score (nSPS) is 42.3. The van der Waals surface area contributed by atoms with Crippen molar-refractivity contribution in [3.63, 3.8) is 0 Å². The van der Waals surface area contributed by atoms with Gasteiger partial charge in [0.15, 0.2) is 0 Å². The van der Waals surface area contributed by atoms with E-state index in [0.29, 0.717) is 0 Å². The molecule has 0 heteroatoms. The molecule has 2 aliphatic rings. The first-order valence-electron chi connectivity index (χ1n) is 4.34. The van der Waals surface area contributed by atoms with Gasteiger partial charge in [-0.25, -0.2) is 0 Å². The standard InChI is InChI=1S/C9H16/c1-7-4-9(5-7)6-8-2-3-8/h7-9H,2-6H2,1H3. The topological polar surface area (TPSA) is 0 Å². The van der Waals surface area contributed by atoms with E-state index in [1.807, 2.05) is 0 Å². The number of hydrogen-bond acceptors (Lipinski definition) is 0. The van der Waals surface area contributed by atoms with Gasteiger partial charge in [-0.2, -0.15) is 0 Å². The molecule has 0 nitrogen and oxygen atoms in total. The minimum absolute atomic E-state index is 1.06. The van der Waals surface area contributed by atoms with Crippen LogP contribution in [-0.4, -0.2) is 0 Å². The highest BCUT2D eigenvalue weighted by Gasteiger charge is 2.31. The molecule has 0 saturated heterocycles. The highest BCUT2D eigenvalue weighted by molar-refractivity contribution is 4.83. The molecule has 2 saturated carbocycles. The summed E-state index contributed by atoms with van der Waals surface area (Å²) < 4.78 is 0. The van der Waals surface area contributed by atoms with Gasteiger partial charge in [-0.3, -0.25) is 0 Å². The predicted molar refractivity (Wildman–Crippen MR) is 39.2 cm³/mol. The number of hydrogen-bond donors (Lipinski definition) is 0. The van der Waals surface area contributed by atoms with E-state index in [1.165, 1.54) is 18.8 Å². The van der Waals surface area contributed by atoms with Gasteiger partial charge in [0.2, 0.25) is 0 Å². The van der Waals surface area contributed by atoms with Crippen LogP contribution in [0.4, 0.5) is 0 Å². The molecule has 2 rings (SSSR count). The quantitative estimate of drug-likeness (QED) is 0.531. The minimum atomic E-state index is 1.06. The molecule has 0 bridgehead atoms. The summed E-state index contributed by atoms with van der Waals surface area (Å²) in [7, 11) is 0. The lowest BCUT2D eigenvalue weighted by atomic mass is 9.73.